The molecule has 1 aromatic carbocycles. The third-order valence-corrected chi connectivity index (χ3v) is 2.84. The quantitative estimate of drug-likeness (QED) is 0.747. The molecule has 0 bridgehead atoms. The largest absolute Gasteiger partial charge is 0.481 e. The Morgan fingerprint density at radius 1 is 1.46 bits per heavy atom. The number of aliphatic carboxylic acids is 1. The maximum absolute atomic E-state index is 10.7. The first-order valence-electron chi connectivity index (χ1n) is 4.17. The molecule has 0 aromatic heterocycles. The lowest BCUT2D eigenvalue weighted by molar-refractivity contribution is -0.141. The number of hydrogen-bond donors (Lipinski definition) is 1. The second kappa shape index (κ2) is 3.04. The molecule has 1 unspecified atom stereocenters. The van der Waals surface area contributed by atoms with Gasteiger partial charge >= 0.3 is 5.97 Å². The smallest absolute Gasteiger partial charge is 0.307 e. The fourth-order valence-electron chi connectivity index (χ4n) is 1.78. The van der Waals surface area contributed by atoms with Crippen LogP contribution in [0.3, 0.4) is 0 Å². The van der Waals surface area contributed by atoms with Crippen LogP contribution in [0.2, 0.25) is 5.02 Å². The standard InChI is InChI=1S/C10H9ClO2/c11-9-3-1-2-6-4-7(10(12)13)5-8(6)9/h1-3,7H,4-5H2,(H,12,13). The lowest BCUT2D eigenvalue weighted by Crippen LogP contribution is -2.12. The van der Waals surface area contributed by atoms with Crippen molar-refractivity contribution in [3.05, 3.63) is 34.3 Å². The molecule has 0 radical (unpaired) electrons. The van der Waals surface area contributed by atoms with Gasteiger partial charge in [-0.2, -0.15) is 0 Å². The Morgan fingerprint density at radius 2 is 2.23 bits per heavy atom. The van der Waals surface area contributed by atoms with Crippen molar-refractivity contribution in [1.82, 2.24) is 0 Å². The van der Waals surface area contributed by atoms with E-state index in [1.165, 1.54) is 0 Å². The zero-order valence-corrected chi connectivity index (χ0v) is 7.71. The second-order valence-electron chi connectivity index (χ2n) is 3.32. The van der Waals surface area contributed by atoms with Crippen LogP contribution in [0.5, 0.6) is 0 Å². The van der Waals surface area contributed by atoms with Crippen LogP contribution >= 0.6 is 11.6 Å². The topological polar surface area (TPSA) is 37.3 Å². The van der Waals surface area contributed by atoms with Crippen molar-refractivity contribution in [2.75, 3.05) is 0 Å². The molecule has 1 aromatic rings. The van der Waals surface area contributed by atoms with Gasteiger partial charge < -0.3 is 5.11 Å². The van der Waals surface area contributed by atoms with Crippen LogP contribution in [-0.4, -0.2) is 11.1 Å². The van der Waals surface area contributed by atoms with Crippen LogP contribution in [0, 0.1) is 5.92 Å². The molecule has 3 heteroatoms. The Morgan fingerprint density at radius 3 is 2.85 bits per heavy atom. The average molecular weight is 197 g/mol. The van der Waals surface area contributed by atoms with Crippen LogP contribution < -0.4 is 0 Å². The summed E-state index contributed by atoms with van der Waals surface area (Å²) in [5, 5.41) is 9.53. The van der Waals surface area contributed by atoms with Crippen molar-refractivity contribution in [3.8, 4) is 0 Å². The summed E-state index contributed by atoms with van der Waals surface area (Å²) in [7, 11) is 0. The van der Waals surface area contributed by atoms with Gasteiger partial charge in [-0.3, -0.25) is 4.79 Å². The van der Waals surface area contributed by atoms with E-state index in [0.29, 0.717) is 17.9 Å². The number of fused-ring (bicyclic) bond motifs is 1. The molecule has 2 nitrogen and oxygen atoms in total. The molecule has 68 valence electrons. The minimum absolute atomic E-state index is 0.283. The summed E-state index contributed by atoms with van der Waals surface area (Å²) >= 11 is 5.95. The normalized spacial score (nSPS) is 19.9. The van der Waals surface area contributed by atoms with Crippen LogP contribution in [0.4, 0.5) is 0 Å². The molecule has 0 amide bonds. The van der Waals surface area contributed by atoms with Crippen molar-refractivity contribution < 1.29 is 9.90 Å². The summed E-state index contributed by atoms with van der Waals surface area (Å²) in [4.78, 5) is 10.7. The first-order chi connectivity index (χ1) is 6.18. The third kappa shape index (κ3) is 1.42. The molecule has 1 aliphatic carbocycles. The predicted molar refractivity (Wildman–Crippen MR) is 50.0 cm³/mol. The van der Waals surface area contributed by atoms with Gasteiger partial charge in [0.25, 0.3) is 0 Å². The summed E-state index contributed by atoms with van der Waals surface area (Å²) in [5.74, 6) is -1.01. The second-order valence-corrected chi connectivity index (χ2v) is 3.73. The monoisotopic (exact) mass is 196 g/mol. The zero-order chi connectivity index (χ0) is 9.42. The number of hydrogen-bond acceptors (Lipinski definition) is 1. The molecule has 0 fully saturated rings. The van der Waals surface area contributed by atoms with Gasteiger partial charge in [-0.05, 0) is 30.0 Å². The molecule has 13 heavy (non-hydrogen) atoms. The average Bonchev–Trinajstić information content (AvgIpc) is 2.49. The highest BCUT2D eigenvalue weighted by atomic mass is 35.5. The SMILES string of the molecule is O=C(O)C1Cc2cccc(Cl)c2C1. The van der Waals surface area contributed by atoms with Crippen molar-refractivity contribution in [2.45, 2.75) is 12.8 Å². The Hall–Kier alpha value is -1.02. The molecular formula is C10H9ClO2. The van der Waals surface area contributed by atoms with E-state index in [1.807, 2.05) is 18.2 Å². The maximum Gasteiger partial charge on any atom is 0.307 e. The zero-order valence-electron chi connectivity index (χ0n) is 6.96. The van der Waals surface area contributed by atoms with Gasteiger partial charge in [0.15, 0.2) is 0 Å². The van der Waals surface area contributed by atoms with E-state index in [4.69, 9.17) is 16.7 Å². The first-order valence-corrected chi connectivity index (χ1v) is 4.55. The van der Waals surface area contributed by atoms with Crippen LogP contribution in [0.1, 0.15) is 11.1 Å². The van der Waals surface area contributed by atoms with Crippen molar-refractivity contribution in [1.29, 1.82) is 0 Å². The molecule has 1 aliphatic rings. The van der Waals surface area contributed by atoms with E-state index in [-0.39, 0.29) is 5.92 Å². The minimum Gasteiger partial charge on any atom is -0.481 e. The lowest BCUT2D eigenvalue weighted by atomic mass is 10.1. The van der Waals surface area contributed by atoms with Gasteiger partial charge in [-0.15, -0.1) is 0 Å². The Balaban J connectivity index is 2.35. The highest BCUT2D eigenvalue weighted by Gasteiger charge is 2.28. The van der Waals surface area contributed by atoms with E-state index in [1.54, 1.807) is 0 Å². The lowest BCUT2D eigenvalue weighted by Gasteiger charge is -1.99. The number of benzene rings is 1. The Kier molecular flexibility index (Phi) is 2.00. The fraction of sp³-hybridized carbons (Fsp3) is 0.300. The predicted octanol–water partition coefficient (Wildman–Crippen LogP) is 2.14. The van der Waals surface area contributed by atoms with Crippen LogP contribution in [0.15, 0.2) is 18.2 Å². The summed E-state index contributed by atoms with van der Waals surface area (Å²) in [6.07, 6.45) is 1.19. The highest BCUT2D eigenvalue weighted by molar-refractivity contribution is 6.31. The van der Waals surface area contributed by atoms with E-state index in [2.05, 4.69) is 0 Å². The van der Waals surface area contributed by atoms with Gasteiger partial charge in [0, 0.05) is 5.02 Å². The first kappa shape index (κ1) is 8.57. The summed E-state index contributed by atoms with van der Waals surface area (Å²) in [5.41, 5.74) is 2.09. The van der Waals surface area contributed by atoms with E-state index >= 15 is 0 Å². The van der Waals surface area contributed by atoms with Crippen LogP contribution in [-0.2, 0) is 17.6 Å². The summed E-state index contributed by atoms with van der Waals surface area (Å²) in [6.45, 7) is 0. The molecule has 0 saturated heterocycles. The molecule has 0 spiro atoms. The fourth-order valence-corrected chi connectivity index (χ4v) is 2.05. The molecular weight excluding hydrogens is 188 g/mol. The van der Waals surface area contributed by atoms with Crippen LogP contribution in [0.25, 0.3) is 0 Å². The number of carbonyl (C=O) groups is 1. The molecule has 0 aliphatic heterocycles. The number of rotatable bonds is 1. The number of carboxylic acids is 1. The third-order valence-electron chi connectivity index (χ3n) is 2.48. The molecule has 0 saturated carbocycles. The van der Waals surface area contributed by atoms with Crippen molar-refractivity contribution in [2.24, 2.45) is 5.92 Å². The minimum atomic E-state index is -0.729. The number of carboxylic acid groups (broad SMARTS) is 1. The Labute approximate surface area is 81.1 Å². The van der Waals surface area contributed by atoms with Gasteiger partial charge in [0.2, 0.25) is 0 Å². The summed E-state index contributed by atoms with van der Waals surface area (Å²) in [6, 6.07) is 5.63. The van der Waals surface area contributed by atoms with E-state index in [0.717, 1.165) is 11.1 Å². The van der Waals surface area contributed by atoms with Gasteiger partial charge in [-0.25, -0.2) is 0 Å². The molecule has 2 rings (SSSR count). The Bertz CT molecular complexity index is 360. The van der Waals surface area contributed by atoms with Gasteiger partial charge in [0.05, 0.1) is 5.92 Å². The van der Waals surface area contributed by atoms with Gasteiger partial charge in [0.1, 0.15) is 0 Å². The number of halogens is 1. The van der Waals surface area contributed by atoms with E-state index in [9.17, 15) is 4.79 Å². The highest BCUT2D eigenvalue weighted by Crippen LogP contribution is 2.31. The van der Waals surface area contributed by atoms with Crippen molar-refractivity contribution in [3.63, 3.8) is 0 Å². The van der Waals surface area contributed by atoms with Gasteiger partial charge in [-0.1, -0.05) is 23.7 Å². The van der Waals surface area contributed by atoms with Crippen molar-refractivity contribution >= 4 is 17.6 Å². The molecule has 1 atom stereocenters. The molecule has 1 N–H and O–H groups in total. The summed E-state index contributed by atoms with van der Waals surface area (Å²) < 4.78 is 0. The molecule has 0 heterocycles. The van der Waals surface area contributed by atoms with E-state index < -0.39 is 5.97 Å². The maximum atomic E-state index is 10.7.